The number of H-pyrrole nitrogens is 2. The van der Waals surface area contributed by atoms with Gasteiger partial charge in [0.05, 0.1) is 0 Å². The zero-order valence-electron chi connectivity index (χ0n) is 15.3. The Morgan fingerprint density at radius 2 is 2.04 bits per heavy atom. The predicted molar refractivity (Wildman–Crippen MR) is 106 cm³/mol. The van der Waals surface area contributed by atoms with Crippen LogP contribution in [0.25, 0.3) is 11.3 Å². The van der Waals surface area contributed by atoms with Gasteiger partial charge in [0.25, 0.3) is 11.5 Å². The van der Waals surface area contributed by atoms with Gasteiger partial charge in [-0.2, -0.15) is 4.98 Å². The van der Waals surface area contributed by atoms with Gasteiger partial charge >= 0.3 is 0 Å². The number of nitrogens with one attached hydrogen (secondary N) is 3. The zero-order valence-corrected chi connectivity index (χ0v) is 16.1. The Labute approximate surface area is 164 Å². The van der Waals surface area contributed by atoms with Gasteiger partial charge in [-0.25, -0.2) is 0 Å². The molecule has 0 fully saturated rings. The van der Waals surface area contributed by atoms with E-state index in [-0.39, 0.29) is 5.16 Å². The smallest absolute Gasteiger partial charge is 0.268 e. The number of carbonyl (C=O) groups excluding carboxylic acids is 1. The van der Waals surface area contributed by atoms with Gasteiger partial charge in [-0.3, -0.25) is 14.7 Å². The standard InChI is InChI=1S/C17H19N7O3S/c1-24(2)7-8-28-17-20-15(26)13(16(27)21-17)14(25)19-11-5-3-10(4-6-11)12-9-18-23-22-12/h3-6,9H,7-8H2,1-2H3,(H,19,25)(H,18,22,23)(H2,20,21,26,27). The fourth-order valence-corrected chi connectivity index (χ4v) is 3.27. The SMILES string of the molecule is CN(C)CCSc1nc(O)c(C(=O)Nc2ccc(-c3c[nH]nn3)cc2)c(=O)[nH]1. The maximum absolute atomic E-state index is 12.4. The third-order valence-corrected chi connectivity index (χ3v) is 4.59. The van der Waals surface area contributed by atoms with Crippen LogP contribution in [0, 0.1) is 0 Å². The van der Waals surface area contributed by atoms with E-state index in [0.717, 1.165) is 12.1 Å². The van der Waals surface area contributed by atoms with Crippen molar-refractivity contribution < 1.29 is 9.90 Å². The summed E-state index contributed by atoms with van der Waals surface area (Å²) in [6.07, 6.45) is 1.65. The normalized spacial score (nSPS) is 11.0. The number of hydrogen-bond acceptors (Lipinski definition) is 8. The molecule has 0 radical (unpaired) electrons. The summed E-state index contributed by atoms with van der Waals surface area (Å²) in [5.74, 6) is -0.670. The molecule has 0 aliphatic carbocycles. The molecule has 11 heteroatoms. The monoisotopic (exact) mass is 401 g/mol. The number of aromatic hydroxyl groups is 1. The molecule has 146 valence electrons. The molecule has 1 aromatic carbocycles. The third-order valence-electron chi connectivity index (χ3n) is 3.74. The van der Waals surface area contributed by atoms with Gasteiger partial charge in [0.15, 0.2) is 10.7 Å². The Hall–Kier alpha value is -3.18. The average Bonchev–Trinajstić information content (AvgIpc) is 3.16. The van der Waals surface area contributed by atoms with Gasteiger partial charge in [-0.1, -0.05) is 29.1 Å². The number of rotatable bonds is 7. The highest BCUT2D eigenvalue weighted by Crippen LogP contribution is 2.20. The lowest BCUT2D eigenvalue weighted by molar-refractivity contribution is 0.102. The number of anilines is 1. The van der Waals surface area contributed by atoms with Gasteiger partial charge in [0.1, 0.15) is 5.69 Å². The lowest BCUT2D eigenvalue weighted by atomic mass is 10.1. The number of hydrogen-bond donors (Lipinski definition) is 4. The molecule has 2 heterocycles. The number of nitrogens with zero attached hydrogens (tertiary/aromatic N) is 4. The van der Waals surface area contributed by atoms with Crippen LogP contribution in [0.2, 0.25) is 0 Å². The van der Waals surface area contributed by atoms with Gasteiger partial charge in [0, 0.05) is 29.7 Å². The van der Waals surface area contributed by atoms with Crippen molar-refractivity contribution in [3.63, 3.8) is 0 Å². The first-order valence-corrected chi connectivity index (χ1v) is 9.31. The van der Waals surface area contributed by atoms with Crippen LogP contribution in [0.1, 0.15) is 10.4 Å². The molecule has 10 nitrogen and oxygen atoms in total. The van der Waals surface area contributed by atoms with Crippen molar-refractivity contribution in [1.29, 1.82) is 0 Å². The summed E-state index contributed by atoms with van der Waals surface area (Å²) in [5, 5.41) is 23.1. The quantitative estimate of drug-likeness (QED) is 0.342. The topological polar surface area (TPSA) is 140 Å². The second-order valence-corrected chi connectivity index (χ2v) is 7.20. The molecule has 4 N–H and O–H groups in total. The van der Waals surface area contributed by atoms with Crippen LogP contribution < -0.4 is 10.9 Å². The summed E-state index contributed by atoms with van der Waals surface area (Å²) in [5.41, 5.74) is 0.807. The van der Waals surface area contributed by atoms with E-state index in [4.69, 9.17) is 0 Å². The van der Waals surface area contributed by atoms with E-state index in [1.165, 1.54) is 11.8 Å². The maximum atomic E-state index is 12.4. The van der Waals surface area contributed by atoms with Crippen molar-refractivity contribution in [3.05, 3.63) is 46.4 Å². The first-order valence-electron chi connectivity index (χ1n) is 8.33. The minimum atomic E-state index is -0.745. The van der Waals surface area contributed by atoms with E-state index in [1.54, 1.807) is 30.5 Å². The predicted octanol–water partition coefficient (Wildman–Crippen LogP) is 1.17. The van der Waals surface area contributed by atoms with E-state index >= 15 is 0 Å². The van der Waals surface area contributed by atoms with Crippen molar-refractivity contribution in [1.82, 2.24) is 30.3 Å². The number of carbonyl (C=O) groups is 1. The minimum absolute atomic E-state index is 0.262. The van der Waals surface area contributed by atoms with Crippen molar-refractivity contribution in [3.8, 4) is 17.1 Å². The summed E-state index contributed by atoms with van der Waals surface area (Å²) < 4.78 is 0. The number of aromatic amines is 2. The molecule has 3 rings (SSSR count). The summed E-state index contributed by atoms with van der Waals surface area (Å²) in [6, 6.07) is 6.82. The van der Waals surface area contributed by atoms with E-state index < -0.39 is 22.9 Å². The van der Waals surface area contributed by atoms with Gasteiger partial charge in [-0.05, 0) is 26.2 Å². The van der Waals surface area contributed by atoms with Crippen molar-refractivity contribution in [2.45, 2.75) is 5.16 Å². The Bertz CT molecular complexity index is 1000. The second kappa shape index (κ2) is 8.67. The van der Waals surface area contributed by atoms with Gasteiger partial charge in [-0.15, -0.1) is 5.10 Å². The number of amides is 1. The first-order chi connectivity index (χ1) is 13.4. The van der Waals surface area contributed by atoms with Crippen LogP contribution in [-0.2, 0) is 0 Å². The van der Waals surface area contributed by atoms with Crippen LogP contribution in [0.4, 0.5) is 5.69 Å². The summed E-state index contributed by atoms with van der Waals surface area (Å²) in [6.45, 7) is 0.779. The highest BCUT2D eigenvalue weighted by atomic mass is 32.2. The summed E-state index contributed by atoms with van der Waals surface area (Å²) >= 11 is 1.29. The van der Waals surface area contributed by atoms with Crippen molar-refractivity contribution in [2.24, 2.45) is 0 Å². The van der Waals surface area contributed by atoms with Crippen molar-refractivity contribution >= 4 is 23.4 Å². The Kier molecular flexibility index (Phi) is 6.06. The van der Waals surface area contributed by atoms with Crippen molar-refractivity contribution in [2.75, 3.05) is 31.7 Å². The fourth-order valence-electron chi connectivity index (χ4n) is 2.30. The van der Waals surface area contributed by atoms with E-state index in [9.17, 15) is 14.7 Å². The fraction of sp³-hybridized carbons (Fsp3) is 0.235. The van der Waals surface area contributed by atoms with Gasteiger partial charge in [0.2, 0.25) is 5.88 Å². The summed E-state index contributed by atoms with van der Waals surface area (Å²) in [4.78, 5) is 33.1. The molecule has 0 spiro atoms. The van der Waals surface area contributed by atoms with E-state index in [2.05, 4.69) is 30.7 Å². The van der Waals surface area contributed by atoms with Crippen LogP contribution >= 0.6 is 11.8 Å². The maximum Gasteiger partial charge on any atom is 0.268 e. The van der Waals surface area contributed by atoms with Crippen LogP contribution in [0.3, 0.4) is 0 Å². The molecule has 0 unspecified atom stereocenters. The molecule has 0 aliphatic heterocycles. The highest BCUT2D eigenvalue weighted by Gasteiger charge is 2.19. The molecule has 0 bridgehead atoms. The summed E-state index contributed by atoms with van der Waals surface area (Å²) in [7, 11) is 3.86. The molecule has 28 heavy (non-hydrogen) atoms. The average molecular weight is 401 g/mol. The molecule has 2 aromatic heterocycles. The largest absolute Gasteiger partial charge is 0.493 e. The molecule has 0 aliphatic rings. The van der Waals surface area contributed by atoms with E-state index in [1.807, 2.05) is 19.0 Å². The molecule has 0 saturated carbocycles. The van der Waals surface area contributed by atoms with Crippen LogP contribution in [-0.4, -0.2) is 67.7 Å². The highest BCUT2D eigenvalue weighted by molar-refractivity contribution is 7.99. The molecule has 0 atom stereocenters. The lowest BCUT2D eigenvalue weighted by Gasteiger charge is -2.09. The molecule has 0 saturated heterocycles. The second-order valence-electron chi connectivity index (χ2n) is 6.11. The van der Waals surface area contributed by atoms with Crippen LogP contribution in [0.5, 0.6) is 5.88 Å². The number of thioether (sulfide) groups is 1. The minimum Gasteiger partial charge on any atom is -0.493 e. The Morgan fingerprint density at radius 1 is 1.29 bits per heavy atom. The Morgan fingerprint density at radius 3 is 2.64 bits per heavy atom. The Balaban J connectivity index is 1.71. The number of benzene rings is 1. The number of aromatic nitrogens is 5. The first kappa shape index (κ1) is 19.6. The molecular weight excluding hydrogens is 382 g/mol. The third kappa shape index (κ3) is 4.75. The molecule has 1 amide bonds. The van der Waals surface area contributed by atoms with Gasteiger partial charge < -0.3 is 20.3 Å². The van der Waals surface area contributed by atoms with E-state index in [0.29, 0.717) is 17.1 Å². The lowest BCUT2D eigenvalue weighted by Crippen LogP contribution is -2.24. The zero-order chi connectivity index (χ0) is 20.1. The molecule has 3 aromatic rings. The van der Waals surface area contributed by atoms with Crippen LogP contribution in [0.15, 0.2) is 40.4 Å². The molecular formula is C17H19N7O3S.